The first-order chi connectivity index (χ1) is 12.6. The average molecular weight is 342 g/mol. The third-order valence-electron chi connectivity index (χ3n) is 5.44. The smallest absolute Gasteiger partial charge is 0.121 e. The maximum atomic E-state index is 11.9. The number of hydrogen-bond donors (Lipinski definition) is 2. The van der Waals surface area contributed by atoms with E-state index in [1.165, 1.54) is 0 Å². The van der Waals surface area contributed by atoms with Gasteiger partial charge in [0.1, 0.15) is 5.60 Å². The van der Waals surface area contributed by atoms with Crippen molar-refractivity contribution in [2.45, 2.75) is 18.6 Å². The van der Waals surface area contributed by atoms with Crippen LogP contribution in [0.1, 0.15) is 23.6 Å². The summed E-state index contributed by atoms with van der Waals surface area (Å²) in [6, 6.07) is 29.4. The molecule has 0 bridgehead atoms. The van der Waals surface area contributed by atoms with Crippen molar-refractivity contribution in [1.82, 2.24) is 0 Å². The van der Waals surface area contributed by atoms with Crippen molar-refractivity contribution in [2.75, 3.05) is 0 Å². The minimum absolute atomic E-state index is 0.365. The van der Waals surface area contributed by atoms with Crippen LogP contribution in [0, 0.1) is 5.92 Å². The topological polar surface area (TPSA) is 40.5 Å². The van der Waals surface area contributed by atoms with E-state index in [0.29, 0.717) is 0 Å². The van der Waals surface area contributed by atoms with Crippen molar-refractivity contribution >= 4 is 11.1 Å². The van der Waals surface area contributed by atoms with E-state index in [-0.39, 0.29) is 5.92 Å². The molecule has 1 aliphatic carbocycles. The molecule has 0 radical (unpaired) electrons. The molecule has 2 nitrogen and oxygen atoms in total. The Hall–Kier alpha value is -2.68. The maximum absolute atomic E-state index is 11.9. The van der Waals surface area contributed by atoms with Crippen LogP contribution >= 0.6 is 0 Å². The largest absolute Gasteiger partial charge is 0.388 e. The van der Waals surface area contributed by atoms with E-state index in [2.05, 4.69) is 0 Å². The molecule has 0 heterocycles. The highest BCUT2D eigenvalue weighted by molar-refractivity contribution is 5.99. The molecule has 4 rings (SSSR count). The molecule has 0 fully saturated rings. The predicted molar refractivity (Wildman–Crippen MR) is 105 cm³/mol. The molecule has 0 saturated carbocycles. The monoisotopic (exact) mass is 342 g/mol. The Balaban J connectivity index is 2.04. The molecule has 1 aliphatic rings. The fourth-order valence-corrected chi connectivity index (χ4v) is 4.07. The van der Waals surface area contributed by atoms with Gasteiger partial charge in [-0.15, -0.1) is 0 Å². The van der Waals surface area contributed by atoms with Gasteiger partial charge in [-0.1, -0.05) is 97.9 Å². The molecular weight excluding hydrogens is 320 g/mol. The zero-order chi connectivity index (χ0) is 18.1. The van der Waals surface area contributed by atoms with Crippen LogP contribution in [0.15, 0.2) is 91.0 Å². The second-order valence-corrected chi connectivity index (χ2v) is 6.89. The molecule has 0 spiro atoms. The lowest BCUT2D eigenvalue weighted by molar-refractivity contribution is 0.00756. The van der Waals surface area contributed by atoms with E-state index in [1.54, 1.807) is 0 Å². The lowest BCUT2D eigenvalue weighted by Crippen LogP contribution is -2.35. The Morgan fingerprint density at radius 2 is 1.15 bits per heavy atom. The van der Waals surface area contributed by atoms with E-state index in [0.717, 1.165) is 27.8 Å². The quantitative estimate of drug-likeness (QED) is 0.736. The number of aliphatic hydroxyl groups is 2. The van der Waals surface area contributed by atoms with E-state index in [1.807, 2.05) is 97.9 Å². The van der Waals surface area contributed by atoms with Crippen LogP contribution in [0.2, 0.25) is 0 Å². The summed E-state index contributed by atoms with van der Waals surface area (Å²) in [5.41, 5.74) is 3.01. The molecule has 3 atom stereocenters. The number of benzene rings is 3. The van der Waals surface area contributed by atoms with Crippen molar-refractivity contribution in [3.05, 3.63) is 108 Å². The van der Waals surface area contributed by atoms with Crippen LogP contribution in [-0.4, -0.2) is 16.3 Å². The first kappa shape index (κ1) is 16.8. The molecule has 1 unspecified atom stereocenters. The molecule has 2 N–H and O–H groups in total. The zero-order valence-electron chi connectivity index (χ0n) is 14.7. The van der Waals surface area contributed by atoms with Crippen LogP contribution in [0.4, 0.5) is 0 Å². The van der Waals surface area contributed by atoms with Crippen molar-refractivity contribution in [3.63, 3.8) is 0 Å². The summed E-state index contributed by atoms with van der Waals surface area (Å²) in [6.45, 7) is 1.91. The minimum Gasteiger partial charge on any atom is -0.388 e. The standard InChI is InChI=1S/C24H22O2/c1-17-23(25)21(18-11-5-2-6-12-18)22(19-13-7-3-8-14-19)24(17,26)20-15-9-4-10-16-20/h2-17,23,25-26H,1H3/t17-,23?,24-/m1/s1. The normalized spacial score (nSPS) is 25.5. The van der Waals surface area contributed by atoms with Crippen LogP contribution < -0.4 is 0 Å². The van der Waals surface area contributed by atoms with Crippen molar-refractivity contribution in [2.24, 2.45) is 5.92 Å². The lowest BCUT2D eigenvalue weighted by atomic mass is 9.78. The van der Waals surface area contributed by atoms with Crippen molar-refractivity contribution in [1.29, 1.82) is 0 Å². The molecular formula is C24H22O2. The number of hydrogen-bond acceptors (Lipinski definition) is 2. The third-order valence-corrected chi connectivity index (χ3v) is 5.44. The molecule has 0 amide bonds. The lowest BCUT2D eigenvalue weighted by Gasteiger charge is -2.33. The second kappa shape index (κ2) is 6.56. The van der Waals surface area contributed by atoms with Gasteiger partial charge in [0.2, 0.25) is 0 Å². The highest BCUT2D eigenvalue weighted by Crippen LogP contribution is 2.54. The molecule has 130 valence electrons. The summed E-state index contributed by atoms with van der Waals surface area (Å²) in [7, 11) is 0. The molecule has 3 aromatic carbocycles. The second-order valence-electron chi connectivity index (χ2n) is 6.89. The Kier molecular flexibility index (Phi) is 4.23. The molecule has 26 heavy (non-hydrogen) atoms. The van der Waals surface area contributed by atoms with Crippen LogP contribution in [-0.2, 0) is 5.60 Å². The SMILES string of the molecule is C[C@@H]1C(O)C(c2ccccc2)=C(c2ccccc2)[C@]1(O)c1ccccc1. The van der Waals surface area contributed by atoms with Crippen LogP contribution in [0.5, 0.6) is 0 Å². The molecule has 0 saturated heterocycles. The molecule has 3 aromatic rings. The van der Waals surface area contributed by atoms with Gasteiger partial charge in [0, 0.05) is 11.5 Å². The summed E-state index contributed by atoms with van der Waals surface area (Å²) in [4.78, 5) is 0. The van der Waals surface area contributed by atoms with Gasteiger partial charge < -0.3 is 10.2 Å². The van der Waals surface area contributed by atoms with Crippen LogP contribution in [0.3, 0.4) is 0 Å². The van der Waals surface area contributed by atoms with Gasteiger partial charge in [0.15, 0.2) is 0 Å². The van der Waals surface area contributed by atoms with Gasteiger partial charge in [-0.3, -0.25) is 0 Å². The van der Waals surface area contributed by atoms with E-state index < -0.39 is 11.7 Å². The Labute approximate surface area is 154 Å². The summed E-state index contributed by atoms with van der Waals surface area (Å²) in [5, 5.41) is 23.1. The Bertz CT molecular complexity index is 916. The minimum atomic E-state index is -1.26. The van der Waals surface area contributed by atoms with Gasteiger partial charge in [-0.25, -0.2) is 0 Å². The van der Waals surface area contributed by atoms with E-state index in [4.69, 9.17) is 0 Å². The average Bonchev–Trinajstić information content (AvgIpc) is 2.92. The highest BCUT2D eigenvalue weighted by atomic mass is 16.3. The summed E-state index contributed by atoms with van der Waals surface area (Å²) < 4.78 is 0. The molecule has 0 aromatic heterocycles. The van der Waals surface area contributed by atoms with Gasteiger partial charge in [0.05, 0.1) is 6.10 Å². The van der Waals surface area contributed by atoms with Gasteiger partial charge >= 0.3 is 0 Å². The van der Waals surface area contributed by atoms with Crippen molar-refractivity contribution < 1.29 is 10.2 Å². The maximum Gasteiger partial charge on any atom is 0.121 e. The zero-order valence-corrected chi connectivity index (χ0v) is 14.7. The fourth-order valence-electron chi connectivity index (χ4n) is 4.07. The predicted octanol–water partition coefficient (Wildman–Crippen LogP) is 4.50. The first-order valence-corrected chi connectivity index (χ1v) is 8.95. The summed E-state index contributed by atoms with van der Waals surface area (Å²) in [6.07, 6.45) is -0.752. The fraction of sp³-hybridized carbons (Fsp3) is 0.167. The number of aliphatic hydroxyl groups excluding tert-OH is 1. The van der Waals surface area contributed by atoms with E-state index in [9.17, 15) is 10.2 Å². The van der Waals surface area contributed by atoms with Crippen molar-refractivity contribution in [3.8, 4) is 0 Å². The molecule has 2 heteroatoms. The van der Waals surface area contributed by atoms with Gasteiger partial charge in [0.25, 0.3) is 0 Å². The number of rotatable bonds is 3. The first-order valence-electron chi connectivity index (χ1n) is 8.95. The van der Waals surface area contributed by atoms with Gasteiger partial charge in [-0.05, 0) is 22.3 Å². The Morgan fingerprint density at radius 3 is 1.69 bits per heavy atom. The van der Waals surface area contributed by atoms with E-state index >= 15 is 0 Å². The highest BCUT2D eigenvalue weighted by Gasteiger charge is 2.51. The Morgan fingerprint density at radius 1 is 0.692 bits per heavy atom. The van der Waals surface area contributed by atoms with Crippen LogP contribution in [0.25, 0.3) is 11.1 Å². The molecule has 0 aliphatic heterocycles. The summed E-state index contributed by atoms with van der Waals surface area (Å²) in [5.74, 6) is -0.365. The summed E-state index contributed by atoms with van der Waals surface area (Å²) >= 11 is 0. The third kappa shape index (κ3) is 2.50. The van der Waals surface area contributed by atoms with Gasteiger partial charge in [-0.2, -0.15) is 0 Å².